The van der Waals surface area contributed by atoms with Gasteiger partial charge in [0.05, 0.1) is 12.0 Å². The van der Waals surface area contributed by atoms with Crippen LogP contribution in [0.1, 0.15) is 22.4 Å². The lowest BCUT2D eigenvalue weighted by atomic mass is 9.85. The van der Waals surface area contributed by atoms with Crippen LogP contribution < -0.4 is 10.2 Å². The lowest BCUT2D eigenvalue weighted by molar-refractivity contribution is -0.135. The van der Waals surface area contributed by atoms with E-state index in [0.29, 0.717) is 31.4 Å². The van der Waals surface area contributed by atoms with Crippen molar-refractivity contribution < 1.29 is 23.2 Å². The van der Waals surface area contributed by atoms with Gasteiger partial charge >= 0.3 is 0 Å². The van der Waals surface area contributed by atoms with Crippen LogP contribution >= 0.6 is 11.3 Å². The molecule has 1 amide bonds. The Morgan fingerprint density at radius 2 is 1.88 bits per heavy atom. The molecule has 3 aromatic rings. The average molecular weight is 501 g/mol. The molecule has 0 aliphatic carbocycles. The minimum Gasteiger partial charge on any atom is -0.497 e. The second-order valence-corrected chi connectivity index (χ2v) is 11.2. The number of carbonyl (C=O) groups is 1. The summed E-state index contributed by atoms with van der Waals surface area (Å²) in [5.41, 5.74) is 3.99. The molecule has 1 aromatic heterocycles. The largest absolute Gasteiger partial charge is 0.497 e. The first-order valence-electron chi connectivity index (χ1n) is 11.1. The van der Waals surface area contributed by atoms with Crippen LogP contribution in [0.3, 0.4) is 0 Å². The summed E-state index contributed by atoms with van der Waals surface area (Å²) in [6.07, 6.45) is 2.34. The van der Waals surface area contributed by atoms with E-state index in [4.69, 9.17) is 4.74 Å². The third-order valence-corrected chi connectivity index (χ3v) is 9.25. The van der Waals surface area contributed by atoms with Gasteiger partial charge in [0.25, 0.3) is 5.91 Å². The zero-order valence-electron chi connectivity index (χ0n) is 18.9. The second kappa shape index (κ2) is 10.7. The van der Waals surface area contributed by atoms with Gasteiger partial charge in [-0.25, -0.2) is 13.9 Å². The number of ether oxygens (including phenoxy) is 1. The van der Waals surface area contributed by atoms with E-state index in [1.165, 1.54) is 23.5 Å². The third-order valence-electron chi connectivity index (χ3n) is 6.33. The van der Waals surface area contributed by atoms with Crippen LogP contribution in [-0.4, -0.2) is 43.5 Å². The highest BCUT2D eigenvalue weighted by molar-refractivity contribution is 7.89. The van der Waals surface area contributed by atoms with E-state index >= 15 is 0 Å². The van der Waals surface area contributed by atoms with Crippen LogP contribution in [-0.2, 0) is 34.1 Å². The number of benzene rings is 2. The number of carbonyl (C=O) groups excluding carboxylic acids is 1. The molecule has 180 valence electrons. The molecule has 0 spiro atoms. The van der Waals surface area contributed by atoms with E-state index in [1.54, 1.807) is 28.9 Å². The van der Waals surface area contributed by atoms with Crippen molar-refractivity contribution in [1.82, 2.24) is 9.79 Å². The first-order valence-corrected chi connectivity index (χ1v) is 13.4. The first kappa shape index (κ1) is 24.4. The molecule has 4 rings (SSSR count). The summed E-state index contributed by atoms with van der Waals surface area (Å²) in [5.74, 6) is -0.497. The molecule has 2 heterocycles. The number of nitrogens with zero attached hydrogens (tertiary/aromatic N) is 1. The van der Waals surface area contributed by atoms with E-state index in [0.717, 1.165) is 16.0 Å². The van der Waals surface area contributed by atoms with Gasteiger partial charge in [-0.1, -0.05) is 30.3 Å². The molecule has 2 N–H and O–H groups in total. The monoisotopic (exact) mass is 500 g/mol. The number of hydrogen-bond donors (Lipinski definition) is 2. The predicted molar refractivity (Wildman–Crippen MR) is 131 cm³/mol. The van der Waals surface area contributed by atoms with Gasteiger partial charge in [-0.15, -0.1) is 11.3 Å². The van der Waals surface area contributed by atoms with Gasteiger partial charge in [0.15, 0.2) is 0 Å². The van der Waals surface area contributed by atoms with Crippen LogP contribution in [0.15, 0.2) is 70.9 Å². The van der Waals surface area contributed by atoms with Crippen molar-refractivity contribution in [1.29, 1.82) is 0 Å². The Morgan fingerprint density at radius 1 is 1.15 bits per heavy atom. The minimum absolute atomic E-state index is 0.0813. The summed E-state index contributed by atoms with van der Waals surface area (Å²) in [5, 5.41) is 11.6. The fraction of sp³-hybridized carbons (Fsp3) is 0.320. The molecule has 0 saturated carbocycles. The van der Waals surface area contributed by atoms with E-state index < -0.39 is 22.0 Å². The molecule has 34 heavy (non-hydrogen) atoms. The number of hydroxylamine groups is 1. The highest BCUT2D eigenvalue weighted by Gasteiger charge is 2.42. The molecule has 0 unspecified atom stereocenters. The number of thiophene rings is 1. The van der Waals surface area contributed by atoms with Gasteiger partial charge in [0.2, 0.25) is 10.0 Å². The summed E-state index contributed by atoms with van der Waals surface area (Å²) >= 11 is 1.61. The van der Waals surface area contributed by atoms with Crippen molar-refractivity contribution in [2.24, 2.45) is 5.92 Å². The summed E-state index contributed by atoms with van der Waals surface area (Å²) in [7, 11) is -2.51. The van der Waals surface area contributed by atoms with E-state index in [9.17, 15) is 18.4 Å². The van der Waals surface area contributed by atoms with Crippen LogP contribution in [0, 0.1) is 5.92 Å². The Bertz CT molecular complexity index is 1210. The maximum absolute atomic E-state index is 13.8. The summed E-state index contributed by atoms with van der Waals surface area (Å²) in [6, 6.07) is 17.0. The number of hydrogen-bond acceptors (Lipinski definition) is 6. The molecule has 9 heteroatoms. The number of sulfonamides is 1. The zero-order valence-corrected chi connectivity index (χ0v) is 20.5. The summed E-state index contributed by atoms with van der Waals surface area (Å²) in [4.78, 5) is 14.2. The molecule has 1 aliphatic rings. The van der Waals surface area contributed by atoms with Crippen molar-refractivity contribution >= 4 is 27.3 Å². The maximum Gasteiger partial charge on any atom is 0.262 e. The molecular weight excluding hydrogens is 472 g/mol. The van der Waals surface area contributed by atoms with E-state index in [1.807, 2.05) is 35.7 Å². The van der Waals surface area contributed by atoms with Crippen molar-refractivity contribution in [3.63, 3.8) is 0 Å². The highest BCUT2D eigenvalue weighted by Crippen LogP contribution is 2.33. The average Bonchev–Trinajstić information content (AvgIpc) is 3.29. The van der Waals surface area contributed by atoms with Gasteiger partial charge in [-0.3, -0.25) is 10.0 Å². The minimum atomic E-state index is -4.02. The first-order chi connectivity index (χ1) is 16.4. The zero-order chi connectivity index (χ0) is 24.1. The number of amides is 1. The Labute approximate surface area is 204 Å². The molecule has 0 bridgehead atoms. The van der Waals surface area contributed by atoms with Gasteiger partial charge in [0, 0.05) is 11.4 Å². The fourth-order valence-electron chi connectivity index (χ4n) is 4.57. The Balaban J connectivity index is 1.74. The lowest BCUT2D eigenvalue weighted by Crippen LogP contribution is -2.54. The summed E-state index contributed by atoms with van der Waals surface area (Å²) in [6.45, 7) is 0.141. The molecular formula is C25H28N2O5S2. The second-order valence-electron chi connectivity index (χ2n) is 8.32. The number of rotatable bonds is 7. The molecule has 7 nitrogen and oxygen atoms in total. The SMILES string of the molecule is COc1ccc(S(=O)(=O)N2CCc3sccc3C[C@@H](CCc3ccccc3)[C@@H]2C(=O)NO)cc1. The number of nitrogens with one attached hydrogen (secondary N) is 1. The predicted octanol–water partition coefficient (Wildman–Crippen LogP) is 3.67. The normalized spacial score (nSPS) is 19.0. The van der Waals surface area contributed by atoms with Gasteiger partial charge < -0.3 is 4.74 Å². The Kier molecular flexibility index (Phi) is 7.67. The van der Waals surface area contributed by atoms with Crippen molar-refractivity contribution in [3.8, 4) is 5.75 Å². The standard InChI is InChI=1S/C25H28N2O5S2/c1-32-21-9-11-22(12-10-21)34(30,31)27-15-13-23-19(14-16-33-23)17-20(24(27)25(28)26-29)8-7-18-5-3-2-4-6-18/h2-6,9-12,14,16,20,24,29H,7-8,13,15,17H2,1H3,(H,26,28)/t20-,24-/m1/s1. The third kappa shape index (κ3) is 5.17. The van der Waals surface area contributed by atoms with Crippen molar-refractivity contribution in [2.45, 2.75) is 36.6 Å². The van der Waals surface area contributed by atoms with Gasteiger partial charge in [0.1, 0.15) is 11.8 Å². The fourth-order valence-corrected chi connectivity index (χ4v) is 7.13. The molecule has 0 saturated heterocycles. The molecule has 2 aromatic carbocycles. The Morgan fingerprint density at radius 3 is 2.56 bits per heavy atom. The van der Waals surface area contributed by atoms with Gasteiger partial charge in [-0.05, 0) is 78.4 Å². The lowest BCUT2D eigenvalue weighted by Gasteiger charge is -2.36. The topological polar surface area (TPSA) is 95.9 Å². The quantitative estimate of drug-likeness (QED) is 0.381. The molecule has 2 atom stereocenters. The van der Waals surface area contributed by atoms with Crippen LogP contribution in [0.5, 0.6) is 5.75 Å². The van der Waals surface area contributed by atoms with E-state index in [-0.39, 0.29) is 17.4 Å². The number of aryl methyl sites for hydroxylation is 1. The van der Waals surface area contributed by atoms with E-state index in [2.05, 4.69) is 6.07 Å². The van der Waals surface area contributed by atoms with Crippen molar-refractivity contribution in [3.05, 3.63) is 82.0 Å². The highest BCUT2D eigenvalue weighted by atomic mass is 32.2. The van der Waals surface area contributed by atoms with Crippen molar-refractivity contribution in [2.75, 3.05) is 13.7 Å². The molecule has 0 fully saturated rings. The number of fused-ring (bicyclic) bond motifs is 1. The van der Waals surface area contributed by atoms with Crippen LogP contribution in [0.2, 0.25) is 0 Å². The van der Waals surface area contributed by atoms with Gasteiger partial charge in [-0.2, -0.15) is 4.31 Å². The Hall–Kier alpha value is -2.72. The molecule has 0 radical (unpaired) electrons. The number of methoxy groups -OCH3 is 1. The maximum atomic E-state index is 13.8. The van der Waals surface area contributed by atoms with Crippen LogP contribution in [0.4, 0.5) is 0 Å². The van der Waals surface area contributed by atoms with Crippen LogP contribution in [0.25, 0.3) is 0 Å². The molecule has 1 aliphatic heterocycles. The summed E-state index contributed by atoms with van der Waals surface area (Å²) < 4.78 is 34.0. The smallest absolute Gasteiger partial charge is 0.262 e.